The van der Waals surface area contributed by atoms with Crippen LogP contribution in [0, 0.1) is 6.92 Å². The predicted octanol–water partition coefficient (Wildman–Crippen LogP) is 3.86. The Morgan fingerprint density at radius 2 is 1.73 bits per heavy atom. The van der Waals surface area contributed by atoms with Crippen molar-refractivity contribution >= 4 is 11.6 Å². The summed E-state index contributed by atoms with van der Waals surface area (Å²) in [6.45, 7) is 4.16. The van der Waals surface area contributed by atoms with E-state index in [2.05, 4.69) is 36.5 Å². The number of carbonyl (C=O) groups excluding carboxylic acids is 1. The van der Waals surface area contributed by atoms with E-state index < -0.39 is 0 Å². The first-order valence-corrected chi connectivity index (χ1v) is 7.65. The highest BCUT2D eigenvalue weighted by Crippen LogP contribution is 2.08. The lowest BCUT2D eigenvalue weighted by atomic mass is 10.0. The van der Waals surface area contributed by atoms with E-state index in [4.69, 9.17) is 0 Å². The van der Waals surface area contributed by atoms with Gasteiger partial charge in [-0.05, 0) is 24.5 Å². The minimum atomic E-state index is -0.0908. The fourth-order valence-electron chi connectivity index (χ4n) is 2.20. The van der Waals surface area contributed by atoms with Gasteiger partial charge in [0.25, 0.3) is 0 Å². The molecule has 0 saturated heterocycles. The molecule has 0 heterocycles. The van der Waals surface area contributed by atoms with Gasteiger partial charge in [-0.25, -0.2) is 5.43 Å². The number of amides is 1. The molecular formula is C19H22N2O. The zero-order valence-electron chi connectivity index (χ0n) is 13.2. The van der Waals surface area contributed by atoms with Gasteiger partial charge in [0.2, 0.25) is 5.91 Å². The monoisotopic (exact) mass is 294 g/mol. The van der Waals surface area contributed by atoms with Crippen LogP contribution in [0.2, 0.25) is 0 Å². The highest BCUT2D eigenvalue weighted by molar-refractivity contribution is 6.01. The molecule has 3 nitrogen and oxygen atoms in total. The molecule has 0 unspecified atom stereocenters. The number of hydrogen-bond donors (Lipinski definition) is 1. The average Bonchev–Trinajstić information content (AvgIpc) is 2.53. The number of hydrazone groups is 1. The van der Waals surface area contributed by atoms with Gasteiger partial charge in [-0.3, -0.25) is 4.79 Å². The Morgan fingerprint density at radius 3 is 2.36 bits per heavy atom. The number of hydrogen-bond acceptors (Lipinski definition) is 2. The van der Waals surface area contributed by atoms with E-state index in [1.807, 2.05) is 42.5 Å². The van der Waals surface area contributed by atoms with Crippen LogP contribution >= 0.6 is 0 Å². The summed E-state index contributed by atoms with van der Waals surface area (Å²) in [6, 6.07) is 17.9. The van der Waals surface area contributed by atoms with Gasteiger partial charge >= 0.3 is 0 Å². The van der Waals surface area contributed by atoms with E-state index in [0.717, 1.165) is 29.7 Å². The molecular weight excluding hydrogens is 272 g/mol. The van der Waals surface area contributed by atoms with Crippen LogP contribution in [0.15, 0.2) is 59.7 Å². The second kappa shape index (κ2) is 8.13. The van der Waals surface area contributed by atoms with Crippen molar-refractivity contribution in [2.45, 2.75) is 33.1 Å². The number of nitrogens with one attached hydrogen (secondary N) is 1. The number of rotatable bonds is 6. The number of aryl methyl sites for hydroxylation is 1. The summed E-state index contributed by atoms with van der Waals surface area (Å²) in [5.41, 5.74) is 6.86. The summed E-state index contributed by atoms with van der Waals surface area (Å²) < 4.78 is 0. The molecule has 2 aromatic carbocycles. The van der Waals surface area contributed by atoms with E-state index >= 15 is 0 Å². The van der Waals surface area contributed by atoms with Gasteiger partial charge in [0.15, 0.2) is 0 Å². The second-order valence-corrected chi connectivity index (χ2v) is 5.37. The van der Waals surface area contributed by atoms with Crippen molar-refractivity contribution in [2.75, 3.05) is 0 Å². The first kappa shape index (κ1) is 16.0. The van der Waals surface area contributed by atoms with Crippen LogP contribution in [0.25, 0.3) is 0 Å². The summed E-state index contributed by atoms with van der Waals surface area (Å²) in [4.78, 5) is 12.0. The molecule has 0 aliphatic rings. The van der Waals surface area contributed by atoms with Gasteiger partial charge in [-0.1, -0.05) is 73.5 Å². The molecule has 0 aliphatic carbocycles. The third-order valence-electron chi connectivity index (χ3n) is 3.39. The summed E-state index contributed by atoms with van der Waals surface area (Å²) >= 11 is 0. The number of carbonyl (C=O) groups is 1. The Hall–Kier alpha value is -2.42. The van der Waals surface area contributed by atoms with Crippen molar-refractivity contribution in [1.82, 2.24) is 5.43 Å². The number of nitrogens with zero attached hydrogens (tertiary/aromatic N) is 1. The molecule has 0 spiro atoms. The largest absolute Gasteiger partial charge is 0.273 e. The first-order chi connectivity index (χ1) is 10.7. The Bertz CT molecular complexity index is 630. The molecule has 1 N–H and O–H groups in total. The summed E-state index contributed by atoms with van der Waals surface area (Å²) in [5.74, 6) is -0.0908. The molecule has 0 atom stereocenters. The topological polar surface area (TPSA) is 41.5 Å². The average molecular weight is 294 g/mol. The molecule has 0 radical (unpaired) electrons. The zero-order chi connectivity index (χ0) is 15.8. The van der Waals surface area contributed by atoms with Crippen LogP contribution < -0.4 is 5.43 Å². The molecule has 2 aromatic rings. The minimum absolute atomic E-state index is 0.0908. The molecule has 0 bridgehead atoms. The summed E-state index contributed by atoms with van der Waals surface area (Å²) in [7, 11) is 0. The van der Waals surface area contributed by atoms with E-state index in [-0.39, 0.29) is 5.91 Å². The molecule has 0 saturated carbocycles. The molecule has 2 rings (SSSR count). The SMILES string of the molecule is CCC/C(=N/NC(=O)Cc1ccccc1)c1ccc(C)cc1. The highest BCUT2D eigenvalue weighted by Gasteiger charge is 2.05. The smallest absolute Gasteiger partial charge is 0.244 e. The van der Waals surface area contributed by atoms with Gasteiger partial charge < -0.3 is 0 Å². The minimum Gasteiger partial charge on any atom is -0.273 e. The molecule has 1 amide bonds. The zero-order valence-corrected chi connectivity index (χ0v) is 13.2. The third kappa shape index (κ3) is 4.85. The molecule has 3 heteroatoms. The van der Waals surface area contributed by atoms with E-state index in [9.17, 15) is 4.79 Å². The van der Waals surface area contributed by atoms with Crippen LogP contribution in [-0.4, -0.2) is 11.6 Å². The second-order valence-electron chi connectivity index (χ2n) is 5.37. The van der Waals surface area contributed by atoms with Gasteiger partial charge in [0.1, 0.15) is 0 Å². The van der Waals surface area contributed by atoms with Crippen LogP contribution in [0.3, 0.4) is 0 Å². The lowest BCUT2D eigenvalue weighted by molar-refractivity contribution is -0.120. The van der Waals surface area contributed by atoms with Crippen molar-refractivity contribution in [3.8, 4) is 0 Å². The quantitative estimate of drug-likeness (QED) is 0.638. The van der Waals surface area contributed by atoms with Gasteiger partial charge in [-0.15, -0.1) is 0 Å². The normalized spacial score (nSPS) is 11.3. The first-order valence-electron chi connectivity index (χ1n) is 7.65. The van der Waals surface area contributed by atoms with Gasteiger partial charge in [0.05, 0.1) is 12.1 Å². The van der Waals surface area contributed by atoms with Crippen molar-refractivity contribution in [3.05, 3.63) is 71.3 Å². The highest BCUT2D eigenvalue weighted by atomic mass is 16.2. The lowest BCUT2D eigenvalue weighted by Gasteiger charge is -2.07. The fourth-order valence-corrected chi connectivity index (χ4v) is 2.20. The lowest BCUT2D eigenvalue weighted by Crippen LogP contribution is -2.22. The van der Waals surface area contributed by atoms with Crippen molar-refractivity contribution in [3.63, 3.8) is 0 Å². The molecule has 0 aliphatic heterocycles. The summed E-state index contributed by atoms with van der Waals surface area (Å²) in [5, 5.41) is 4.33. The molecule has 114 valence electrons. The van der Waals surface area contributed by atoms with E-state index in [0.29, 0.717) is 6.42 Å². The Balaban J connectivity index is 2.03. The van der Waals surface area contributed by atoms with Crippen LogP contribution in [-0.2, 0) is 11.2 Å². The molecule has 22 heavy (non-hydrogen) atoms. The Kier molecular flexibility index (Phi) is 5.90. The van der Waals surface area contributed by atoms with Crippen LogP contribution in [0.1, 0.15) is 36.5 Å². The fraction of sp³-hybridized carbons (Fsp3) is 0.263. The van der Waals surface area contributed by atoms with E-state index in [1.54, 1.807) is 0 Å². The Labute approximate surface area is 132 Å². The standard InChI is InChI=1S/C19H22N2O/c1-3-7-18(17-12-10-15(2)11-13-17)20-21-19(22)14-16-8-5-4-6-9-16/h4-6,8-13H,3,7,14H2,1-2H3,(H,21,22)/b20-18-. The molecule has 0 fully saturated rings. The Morgan fingerprint density at radius 1 is 1.05 bits per heavy atom. The maximum Gasteiger partial charge on any atom is 0.244 e. The third-order valence-corrected chi connectivity index (χ3v) is 3.39. The molecule has 0 aromatic heterocycles. The summed E-state index contributed by atoms with van der Waals surface area (Å²) in [6.07, 6.45) is 2.17. The maximum atomic E-state index is 12.0. The van der Waals surface area contributed by atoms with E-state index in [1.165, 1.54) is 5.56 Å². The van der Waals surface area contributed by atoms with Crippen molar-refractivity contribution in [1.29, 1.82) is 0 Å². The van der Waals surface area contributed by atoms with Crippen LogP contribution in [0.4, 0.5) is 0 Å². The maximum absolute atomic E-state index is 12.0. The van der Waals surface area contributed by atoms with Gasteiger partial charge in [-0.2, -0.15) is 5.10 Å². The van der Waals surface area contributed by atoms with Crippen molar-refractivity contribution < 1.29 is 4.79 Å². The van der Waals surface area contributed by atoms with Crippen molar-refractivity contribution in [2.24, 2.45) is 5.10 Å². The number of benzene rings is 2. The van der Waals surface area contributed by atoms with Crippen LogP contribution in [0.5, 0.6) is 0 Å². The predicted molar refractivity (Wildman–Crippen MR) is 90.9 cm³/mol. The van der Waals surface area contributed by atoms with Gasteiger partial charge in [0, 0.05) is 0 Å².